The van der Waals surface area contributed by atoms with Crippen LogP contribution in [-0.4, -0.2) is 64.7 Å². The molecule has 174 valence electrons. The molecule has 1 aliphatic heterocycles. The number of ether oxygens (including phenoxy) is 1. The first-order chi connectivity index (χ1) is 15.9. The minimum absolute atomic E-state index is 0.0242. The van der Waals surface area contributed by atoms with Crippen LogP contribution in [0.25, 0.3) is 11.1 Å². The number of alkyl carbamates (subject to hydrolysis) is 1. The number of rotatable bonds is 7. The van der Waals surface area contributed by atoms with Gasteiger partial charge in [-0.25, -0.2) is 4.79 Å². The van der Waals surface area contributed by atoms with Crippen LogP contribution in [0.2, 0.25) is 0 Å². The molecule has 2 unspecified atom stereocenters. The van der Waals surface area contributed by atoms with Crippen molar-refractivity contribution in [3.05, 3.63) is 59.7 Å². The number of benzene rings is 2. The van der Waals surface area contributed by atoms with E-state index >= 15 is 0 Å². The Labute approximate surface area is 197 Å². The number of nitrogens with zero attached hydrogens (tertiary/aromatic N) is 1. The zero-order valence-electron chi connectivity index (χ0n) is 18.5. The van der Waals surface area contributed by atoms with Crippen LogP contribution in [0.5, 0.6) is 0 Å². The normalized spacial score (nSPS) is 18.2. The fraction of sp³-hybridized carbons (Fsp3) is 0.400. The van der Waals surface area contributed by atoms with Gasteiger partial charge in [-0.15, -0.1) is 0 Å². The molecule has 2 aromatic rings. The molecular formula is C25H28N2O5S. The molecule has 1 heterocycles. The number of amides is 2. The van der Waals surface area contributed by atoms with E-state index < -0.39 is 18.1 Å². The van der Waals surface area contributed by atoms with Gasteiger partial charge in [-0.3, -0.25) is 9.59 Å². The number of carboxylic acids is 1. The van der Waals surface area contributed by atoms with Gasteiger partial charge < -0.3 is 20.1 Å². The highest BCUT2D eigenvalue weighted by Crippen LogP contribution is 2.44. The average molecular weight is 469 g/mol. The van der Waals surface area contributed by atoms with Crippen LogP contribution in [0.1, 0.15) is 36.8 Å². The Morgan fingerprint density at radius 1 is 1.12 bits per heavy atom. The van der Waals surface area contributed by atoms with Gasteiger partial charge in [0.25, 0.3) is 0 Å². The van der Waals surface area contributed by atoms with Crippen LogP contribution in [0.3, 0.4) is 0 Å². The highest BCUT2D eigenvalue weighted by Gasteiger charge is 2.32. The van der Waals surface area contributed by atoms with E-state index in [1.807, 2.05) is 36.4 Å². The third-order valence-electron chi connectivity index (χ3n) is 6.13. The second-order valence-electron chi connectivity index (χ2n) is 8.42. The molecule has 0 bridgehead atoms. The van der Waals surface area contributed by atoms with Crippen LogP contribution in [0.4, 0.5) is 4.79 Å². The molecule has 4 rings (SSSR count). The summed E-state index contributed by atoms with van der Waals surface area (Å²) in [6, 6.07) is 15.2. The summed E-state index contributed by atoms with van der Waals surface area (Å²) in [5.74, 6) is -0.526. The van der Waals surface area contributed by atoms with Crippen LogP contribution in [-0.2, 0) is 14.3 Å². The van der Waals surface area contributed by atoms with Gasteiger partial charge in [0, 0.05) is 36.4 Å². The minimum atomic E-state index is -1.01. The van der Waals surface area contributed by atoms with E-state index in [4.69, 9.17) is 9.84 Å². The Balaban J connectivity index is 1.42. The summed E-state index contributed by atoms with van der Waals surface area (Å²) in [6.45, 7) is 3.36. The number of carbonyl (C=O) groups is 3. The largest absolute Gasteiger partial charge is 0.481 e. The van der Waals surface area contributed by atoms with Gasteiger partial charge in [0.2, 0.25) is 5.91 Å². The summed E-state index contributed by atoms with van der Waals surface area (Å²) in [7, 11) is 0. The minimum Gasteiger partial charge on any atom is -0.481 e. The van der Waals surface area contributed by atoms with Crippen molar-refractivity contribution < 1.29 is 24.2 Å². The number of carbonyl (C=O) groups excluding carboxylic acids is 2. The number of fused-ring (bicyclic) bond motifs is 3. The molecule has 8 heteroatoms. The molecule has 1 saturated heterocycles. The lowest BCUT2D eigenvalue weighted by atomic mass is 9.98. The summed E-state index contributed by atoms with van der Waals surface area (Å²) in [5, 5.41) is 12.0. The molecule has 2 aromatic carbocycles. The van der Waals surface area contributed by atoms with Gasteiger partial charge in [-0.1, -0.05) is 55.5 Å². The van der Waals surface area contributed by atoms with Crippen LogP contribution in [0.15, 0.2) is 48.5 Å². The molecular weight excluding hydrogens is 440 g/mol. The van der Waals surface area contributed by atoms with E-state index in [0.29, 0.717) is 18.3 Å². The fourth-order valence-corrected chi connectivity index (χ4v) is 5.56. The molecule has 0 radical (unpaired) electrons. The van der Waals surface area contributed by atoms with E-state index in [1.54, 1.807) is 16.7 Å². The van der Waals surface area contributed by atoms with Gasteiger partial charge in [0.1, 0.15) is 12.6 Å². The Hall–Kier alpha value is -3.00. The third-order valence-corrected chi connectivity index (χ3v) is 7.27. The monoisotopic (exact) mass is 468 g/mol. The maximum atomic E-state index is 13.0. The summed E-state index contributed by atoms with van der Waals surface area (Å²) < 4.78 is 5.56. The second-order valence-corrected chi connectivity index (χ2v) is 9.97. The first-order valence-corrected chi connectivity index (χ1v) is 12.2. The third kappa shape index (κ3) is 5.33. The van der Waals surface area contributed by atoms with Crippen molar-refractivity contribution in [2.24, 2.45) is 0 Å². The summed E-state index contributed by atoms with van der Waals surface area (Å²) in [5.41, 5.74) is 4.47. The Morgan fingerprint density at radius 2 is 1.76 bits per heavy atom. The lowest BCUT2D eigenvalue weighted by Gasteiger charge is -2.33. The highest BCUT2D eigenvalue weighted by molar-refractivity contribution is 7.99. The van der Waals surface area contributed by atoms with E-state index in [0.717, 1.165) is 28.0 Å². The van der Waals surface area contributed by atoms with Crippen molar-refractivity contribution in [2.45, 2.75) is 37.0 Å². The summed E-state index contributed by atoms with van der Waals surface area (Å²) in [6.07, 6.45) is -0.894. The molecule has 1 fully saturated rings. The Morgan fingerprint density at radius 3 is 2.36 bits per heavy atom. The molecule has 2 amide bonds. The summed E-state index contributed by atoms with van der Waals surface area (Å²) in [4.78, 5) is 38.5. The average Bonchev–Trinajstić information content (AvgIpc) is 3.13. The van der Waals surface area contributed by atoms with Crippen LogP contribution >= 0.6 is 11.8 Å². The number of carboxylic acid groups (broad SMARTS) is 1. The fourth-order valence-electron chi connectivity index (χ4n) is 4.55. The second kappa shape index (κ2) is 10.3. The van der Waals surface area contributed by atoms with E-state index in [2.05, 4.69) is 24.4 Å². The molecule has 2 aliphatic rings. The SMILES string of the molecule is CC1CN(C(=O)C(CCC(=O)O)NC(=O)OCC2c3ccccc3-c3ccccc32)CCS1. The Bertz CT molecular complexity index is 997. The van der Waals surface area contributed by atoms with Gasteiger partial charge in [-0.05, 0) is 28.7 Å². The number of thioether (sulfide) groups is 1. The maximum Gasteiger partial charge on any atom is 0.407 e. The topological polar surface area (TPSA) is 95.9 Å². The molecule has 0 saturated carbocycles. The van der Waals surface area contributed by atoms with Crippen molar-refractivity contribution in [3.8, 4) is 11.1 Å². The van der Waals surface area contributed by atoms with Crippen molar-refractivity contribution in [2.75, 3.05) is 25.4 Å². The number of hydrogen-bond acceptors (Lipinski definition) is 5. The zero-order chi connectivity index (χ0) is 23.4. The molecule has 0 spiro atoms. The van der Waals surface area contributed by atoms with E-state index in [1.165, 1.54) is 0 Å². The molecule has 2 N–H and O–H groups in total. The lowest BCUT2D eigenvalue weighted by molar-refractivity contribution is -0.138. The van der Waals surface area contributed by atoms with Crippen molar-refractivity contribution in [3.63, 3.8) is 0 Å². The van der Waals surface area contributed by atoms with Gasteiger partial charge in [0.05, 0.1) is 0 Å². The number of aliphatic carboxylic acids is 1. The predicted molar refractivity (Wildman–Crippen MR) is 127 cm³/mol. The van der Waals surface area contributed by atoms with Crippen molar-refractivity contribution in [1.82, 2.24) is 10.2 Å². The van der Waals surface area contributed by atoms with Crippen molar-refractivity contribution >= 4 is 29.7 Å². The maximum absolute atomic E-state index is 13.0. The molecule has 0 aromatic heterocycles. The quantitative estimate of drug-likeness (QED) is 0.643. The standard InChI is InChI=1S/C25H28N2O5S/c1-16-14-27(12-13-33-16)24(30)22(10-11-23(28)29)26-25(31)32-15-21-19-8-4-2-6-17(19)18-7-3-5-9-20(18)21/h2-9,16,21-22H,10-15H2,1H3,(H,26,31)(H,28,29). The van der Waals surface area contributed by atoms with Crippen molar-refractivity contribution in [1.29, 1.82) is 0 Å². The van der Waals surface area contributed by atoms with Gasteiger partial charge >= 0.3 is 12.1 Å². The summed E-state index contributed by atoms with van der Waals surface area (Å²) >= 11 is 1.79. The first kappa shape index (κ1) is 23.2. The van der Waals surface area contributed by atoms with E-state index in [-0.39, 0.29) is 31.3 Å². The highest BCUT2D eigenvalue weighted by atomic mass is 32.2. The molecule has 7 nitrogen and oxygen atoms in total. The molecule has 1 aliphatic carbocycles. The van der Waals surface area contributed by atoms with Gasteiger partial charge in [-0.2, -0.15) is 11.8 Å². The lowest BCUT2D eigenvalue weighted by Crippen LogP contribution is -2.52. The molecule has 2 atom stereocenters. The zero-order valence-corrected chi connectivity index (χ0v) is 19.3. The molecule has 33 heavy (non-hydrogen) atoms. The predicted octanol–water partition coefficient (Wildman–Crippen LogP) is 3.72. The number of hydrogen-bond donors (Lipinski definition) is 2. The first-order valence-electron chi connectivity index (χ1n) is 11.2. The van der Waals surface area contributed by atoms with Crippen LogP contribution in [0, 0.1) is 0 Å². The Kier molecular flexibility index (Phi) is 7.23. The smallest absolute Gasteiger partial charge is 0.407 e. The number of nitrogens with one attached hydrogen (secondary N) is 1. The van der Waals surface area contributed by atoms with E-state index in [9.17, 15) is 14.4 Å². The van der Waals surface area contributed by atoms with Crippen LogP contribution < -0.4 is 5.32 Å². The van der Waals surface area contributed by atoms with Gasteiger partial charge in [0.15, 0.2) is 0 Å².